The molecule has 0 bridgehead atoms. The lowest BCUT2D eigenvalue weighted by molar-refractivity contribution is 0.752. The van der Waals surface area contributed by atoms with Crippen molar-refractivity contribution < 1.29 is 0 Å². The van der Waals surface area contributed by atoms with E-state index in [1.54, 1.807) is 13.8 Å². The van der Waals surface area contributed by atoms with Gasteiger partial charge in [-0.05, 0) is 20.8 Å². The minimum absolute atomic E-state index is 0.240. The predicted octanol–water partition coefficient (Wildman–Crippen LogP) is -0.195. The highest BCUT2D eigenvalue weighted by atomic mass is 16.1. The molecule has 2 aromatic heterocycles. The van der Waals surface area contributed by atoms with Crippen molar-refractivity contribution in [3.05, 3.63) is 27.4 Å². The van der Waals surface area contributed by atoms with Gasteiger partial charge in [-0.15, -0.1) is 10.2 Å². The lowest BCUT2D eigenvalue weighted by Gasteiger charge is -2.01. The molecule has 0 aliphatic carbocycles. The first-order valence-electron chi connectivity index (χ1n) is 4.17. The summed E-state index contributed by atoms with van der Waals surface area (Å²) in [5, 5.41) is 11.5. The zero-order valence-electron chi connectivity index (χ0n) is 8.14. The third-order valence-electron chi connectivity index (χ3n) is 2.02. The van der Waals surface area contributed by atoms with Crippen LogP contribution in [0.25, 0.3) is 5.78 Å². The number of hydrogen-bond acceptors (Lipinski definition) is 5. The van der Waals surface area contributed by atoms with E-state index in [9.17, 15) is 4.79 Å². The van der Waals surface area contributed by atoms with Crippen molar-refractivity contribution in [2.45, 2.75) is 20.8 Å². The molecule has 14 heavy (non-hydrogen) atoms. The Kier molecular flexibility index (Phi) is 1.77. The molecule has 6 heteroatoms. The van der Waals surface area contributed by atoms with E-state index in [0.29, 0.717) is 11.4 Å². The van der Waals surface area contributed by atoms with Gasteiger partial charge in [-0.3, -0.25) is 4.79 Å². The van der Waals surface area contributed by atoms with Gasteiger partial charge in [0.1, 0.15) is 5.69 Å². The molecule has 0 aliphatic heterocycles. The lowest BCUT2D eigenvalue weighted by Crippen LogP contribution is -2.23. The molecular formula is C8H9N5O. The van der Waals surface area contributed by atoms with Crippen LogP contribution in [0.1, 0.15) is 17.1 Å². The van der Waals surface area contributed by atoms with Gasteiger partial charge in [-0.1, -0.05) is 0 Å². The molecule has 6 nitrogen and oxygen atoms in total. The topological polar surface area (TPSA) is 73.0 Å². The molecule has 0 unspecified atom stereocenters. The minimum Gasteiger partial charge on any atom is -0.265 e. The van der Waals surface area contributed by atoms with Gasteiger partial charge in [0.2, 0.25) is 0 Å². The SMILES string of the molecule is Cc1nc2nnc(C)c(=O)n2nc1C. The standard InChI is InChI=1S/C8H9N5O/c1-4-5(2)12-13-7(14)6(3)10-11-8(13)9-4/h1-3H3. The molecule has 2 rings (SSSR count). The molecule has 0 amide bonds. The van der Waals surface area contributed by atoms with Gasteiger partial charge < -0.3 is 0 Å². The maximum atomic E-state index is 11.5. The fraction of sp³-hybridized carbons (Fsp3) is 0.375. The zero-order valence-corrected chi connectivity index (χ0v) is 8.14. The highest BCUT2D eigenvalue weighted by Crippen LogP contribution is 1.98. The normalized spacial score (nSPS) is 10.8. The molecule has 0 N–H and O–H groups in total. The quantitative estimate of drug-likeness (QED) is 0.576. The summed E-state index contributed by atoms with van der Waals surface area (Å²) in [5.41, 5.74) is 1.51. The number of hydrogen-bond donors (Lipinski definition) is 0. The molecule has 0 aromatic carbocycles. The van der Waals surface area contributed by atoms with Crippen molar-refractivity contribution in [2.24, 2.45) is 0 Å². The third kappa shape index (κ3) is 1.15. The molecule has 2 aromatic rings. The Morgan fingerprint density at radius 2 is 1.71 bits per heavy atom. The predicted molar refractivity (Wildman–Crippen MR) is 49.1 cm³/mol. The van der Waals surface area contributed by atoms with E-state index in [2.05, 4.69) is 20.3 Å². The Morgan fingerprint density at radius 1 is 1.00 bits per heavy atom. The number of aromatic nitrogens is 5. The van der Waals surface area contributed by atoms with E-state index in [4.69, 9.17) is 0 Å². The van der Waals surface area contributed by atoms with Crippen LogP contribution in [0.15, 0.2) is 4.79 Å². The van der Waals surface area contributed by atoms with E-state index in [0.717, 1.165) is 5.69 Å². The van der Waals surface area contributed by atoms with Crippen LogP contribution in [0.3, 0.4) is 0 Å². The molecule has 0 fully saturated rings. The van der Waals surface area contributed by atoms with Crippen molar-refractivity contribution in [3.63, 3.8) is 0 Å². The summed E-state index contributed by atoms with van der Waals surface area (Å²) < 4.78 is 1.17. The average molecular weight is 191 g/mol. The first kappa shape index (κ1) is 8.74. The van der Waals surface area contributed by atoms with Crippen molar-refractivity contribution in [3.8, 4) is 0 Å². The molecule has 0 aliphatic rings. The van der Waals surface area contributed by atoms with E-state index in [1.807, 2.05) is 6.92 Å². The van der Waals surface area contributed by atoms with E-state index in [-0.39, 0.29) is 11.3 Å². The Balaban J connectivity index is 2.97. The molecule has 2 heterocycles. The molecule has 0 atom stereocenters. The van der Waals surface area contributed by atoms with Gasteiger partial charge in [0.05, 0.1) is 11.4 Å². The smallest absolute Gasteiger partial charge is 0.265 e. The molecule has 0 radical (unpaired) electrons. The second-order valence-electron chi connectivity index (χ2n) is 3.08. The fourth-order valence-electron chi connectivity index (χ4n) is 1.06. The maximum Gasteiger partial charge on any atom is 0.297 e. The highest BCUT2D eigenvalue weighted by molar-refractivity contribution is 5.26. The first-order valence-corrected chi connectivity index (χ1v) is 4.17. The van der Waals surface area contributed by atoms with Crippen LogP contribution in [0.5, 0.6) is 0 Å². The number of fused-ring (bicyclic) bond motifs is 1. The second-order valence-corrected chi connectivity index (χ2v) is 3.08. The fourth-order valence-corrected chi connectivity index (χ4v) is 1.06. The zero-order chi connectivity index (χ0) is 10.3. The van der Waals surface area contributed by atoms with Crippen LogP contribution in [-0.4, -0.2) is 24.8 Å². The molecule has 0 saturated heterocycles. The average Bonchev–Trinajstić information content (AvgIpc) is 2.15. The van der Waals surface area contributed by atoms with Crippen molar-refractivity contribution in [1.29, 1.82) is 0 Å². The maximum absolute atomic E-state index is 11.5. The minimum atomic E-state index is -0.273. The number of nitrogens with zero attached hydrogens (tertiary/aromatic N) is 5. The Hall–Kier alpha value is -1.85. The van der Waals surface area contributed by atoms with E-state index in [1.165, 1.54) is 4.52 Å². The third-order valence-corrected chi connectivity index (χ3v) is 2.02. The summed E-state index contributed by atoms with van der Waals surface area (Å²) in [6.45, 7) is 5.21. The molecule has 72 valence electrons. The molecular weight excluding hydrogens is 182 g/mol. The monoisotopic (exact) mass is 191 g/mol. The van der Waals surface area contributed by atoms with Gasteiger partial charge in [-0.2, -0.15) is 9.61 Å². The van der Waals surface area contributed by atoms with Gasteiger partial charge in [0.15, 0.2) is 0 Å². The van der Waals surface area contributed by atoms with Crippen LogP contribution >= 0.6 is 0 Å². The summed E-state index contributed by atoms with van der Waals surface area (Å²) in [7, 11) is 0. The van der Waals surface area contributed by atoms with Crippen molar-refractivity contribution in [2.75, 3.05) is 0 Å². The van der Waals surface area contributed by atoms with Gasteiger partial charge in [0, 0.05) is 0 Å². The molecule has 0 spiro atoms. The number of aryl methyl sites for hydroxylation is 3. The highest BCUT2D eigenvalue weighted by Gasteiger charge is 2.06. The first-order chi connectivity index (χ1) is 6.59. The van der Waals surface area contributed by atoms with Gasteiger partial charge >= 0.3 is 0 Å². The van der Waals surface area contributed by atoms with Crippen LogP contribution in [0.4, 0.5) is 0 Å². The Morgan fingerprint density at radius 3 is 2.43 bits per heavy atom. The largest absolute Gasteiger partial charge is 0.297 e. The molecule has 0 saturated carbocycles. The van der Waals surface area contributed by atoms with Crippen molar-refractivity contribution >= 4 is 5.78 Å². The van der Waals surface area contributed by atoms with E-state index < -0.39 is 0 Å². The van der Waals surface area contributed by atoms with Crippen LogP contribution in [0.2, 0.25) is 0 Å². The van der Waals surface area contributed by atoms with Crippen LogP contribution < -0.4 is 5.56 Å². The number of rotatable bonds is 0. The van der Waals surface area contributed by atoms with Gasteiger partial charge in [0.25, 0.3) is 11.3 Å². The van der Waals surface area contributed by atoms with Crippen LogP contribution in [-0.2, 0) is 0 Å². The summed E-state index contributed by atoms with van der Waals surface area (Å²) in [6.07, 6.45) is 0. The lowest BCUT2D eigenvalue weighted by atomic mass is 10.4. The van der Waals surface area contributed by atoms with E-state index >= 15 is 0 Å². The van der Waals surface area contributed by atoms with Crippen LogP contribution in [0, 0.1) is 20.8 Å². The van der Waals surface area contributed by atoms with Crippen molar-refractivity contribution in [1.82, 2.24) is 24.8 Å². The summed E-state index contributed by atoms with van der Waals surface area (Å²) >= 11 is 0. The summed E-state index contributed by atoms with van der Waals surface area (Å²) in [6, 6.07) is 0. The summed E-state index contributed by atoms with van der Waals surface area (Å²) in [5.74, 6) is 0.240. The second kappa shape index (κ2) is 2.83. The van der Waals surface area contributed by atoms with Gasteiger partial charge in [-0.25, -0.2) is 4.98 Å². The Labute approximate surface area is 79.6 Å². The Bertz CT molecular complexity index is 559. The summed E-state index contributed by atoms with van der Waals surface area (Å²) in [4.78, 5) is 15.7.